The van der Waals surface area contributed by atoms with Crippen LogP contribution in [0, 0.1) is 0 Å². The van der Waals surface area contributed by atoms with Gasteiger partial charge >= 0.3 is 5.97 Å². The van der Waals surface area contributed by atoms with Crippen LogP contribution in [0.25, 0.3) is 11.0 Å². The molecule has 1 aliphatic rings. The zero-order valence-electron chi connectivity index (χ0n) is 13.0. The number of rotatable bonds is 6. The fraction of sp³-hybridized carbons (Fsp3) is 0.533. The minimum Gasteiger partial charge on any atom is -0.462 e. The summed E-state index contributed by atoms with van der Waals surface area (Å²) in [6.07, 6.45) is 7.86. The van der Waals surface area contributed by atoms with Gasteiger partial charge in [0.15, 0.2) is 5.65 Å². The van der Waals surface area contributed by atoms with Gasteiger partial charge in [-0.2, -0.15) is 16.9 Å². The molecule has 1 fully saturated rings. The summed E-state index contributed by atoms with van der Waals surface area (Å²) in [5.41, 5.74) is 2.00. The predicted molar refractivity (Wildman–Crippen MR) is 88.4 cm³/mol. The second kappa shape index (κ2) is 5.79. The number of thioether (sulfide) groups is 1. The summed E-state index contributed by atoms with van der Waals surface area (Å²) in [4.78, 5) is 16.5. The SMILES string of the molecule is CCOC(=O)c1cnc2c(cnn2C)c1NCC1(SC)CC1. The van der Waals surface area contributed by atoms with E-state index in [-0.39, 0.29) is 5.97 Å². The Hall–Kier alpha value is -1.76. The number of nitrogens with zero attached hydrogens (tertiary/aromatic N) is 3. The third kappa shape index (κ3) is 2.65. The summed E-state index contributed by atoms with van der Waals surface area (Å²) in [5, 5.41) is 8.54. The van der Waals surface area contributed by atoms with Crippen LogP contribution in [-0.4, -0.2) is 44.9 Å². The number of anilines is 1. The maximum absolute atomic E-state index is 12.2. The minimum absolute atomic E-state index is 0.295. The molecule has 1 aliphatic carbocycles. The highest BCUT2D eigenvalue weighted by atomic mass is 32.2. The lowest BCUT2D eigenvalue weighted by molar-refractivity contribution is 0.0527. The topological polar surface area (TPSA) is 69.0 Å². The van der Waals surface area contributed by atoms with Crippen molar-refractivity contribution in [3.05, 3.63) is 18.0 Å². The van der Waals surface area contributed by atoms with E-state index in [2.05, 4.69) is 21.7 Å². The van der Waals surface area contributed by atoms with Crippen LogP contribution in [0.5, 0.6) is 0 Å². The molecule has 0 spiro atoms. The lowest BCUT2D eigenvalue weighted by Gasteiger charge is -2.17. The van der Waals surface area contributed by atoms with Crippen LogP contribution in [-0.2, 0) is 11.8 Å². The molecule has 0 bridgehead atoms. The lowest BCUT2D eigenvalue weighted by Crippen LogP contribution is -2.20. The summed E-state index contributed by atoms with van der Waals surface area (Å²) in [6.45, 7) is 2.97. The molecule has 2 aromatic rings. The van der Waals surface area contributed by atoms with Gasteiger partial charge in [0, 0.05) is 24.5 Å². The number of hydrogen-bond donors (Lipinski definition) is 1. The Bertz CT molecular complexity index is 709. The van der Waals surface area contributed by atoms with E-state index in [0.717, 1.165) is 23.3 Å². The van der Waals surface area contributed by atoms with Crippen LogP contribution in [0.3, 0.4) is 0 Å². The average Bonchev–Trinajstić information content (AvgIpc) is 3.22. The van der Waals surface area contributed by atoms with Gasteiger partial charge in [-0.15, -0.1) is 0 Å². The highest BCUT2D eigenvalue weighted by molar-refractivity contribution is 8.00. The van der Waals surface area contributed by atoms with Gasteiger partial charge in [-0.1, -0.05) is 0 Å². The van der Waals surface area contributed by atoms with E-state index in [1.807, 2.05) is 18.8 Å². The minimum atomic E-state index is -0.350. The molecule has 2 heterocycles. The molecule has 0 aliphatic heterocycles. The molecule has 3 rings (SSSR count). The molecule has 118 valence electrons. The first-order valence-electron chi connectivity index (χ1n) is 7.37. The molecule has 1 N–H and O–H groups in total. The predicted octanol–water partition coefficient (Wildman–Crippen LogP) is 2.45. The number of fused-ring (bicyclic) bond motifs is 1. The zero-order chi connectivity index (χ0) is 15.7. The summed E-state index contributed by atoms with van der Waals surface area (Å²) >= 11 is 1.88. The van der Waals surface area contributed by atoms with E-state index in [1.165, 1.54) is 12.8 Å². The van der Waals surface area contributed by atoms with Crippen molar-refractivity contribution in [1.29, 1.82) is 0 Å². The van der Waals surface area contributed by atoms with Crippen molar-refractivity contribution in [2.75, 3.05) is 24.7 Å². The van der Waals surface area contributed by atoms with Gasteiger partial charge < -0.3 is 10.1 Å². The largest absolute Gasteiger partial charge is 0.462 e. The van der Waals surface area contributed by atoms with Crippen molar-refractivity contribution in [3.8, 4) is 0 Å². The van der Waals surface area contributed by atoms with E-state index in [1.54, 1.807) is 24.0 Å². The quantitative estimate of drug-likeness (QED) is 0.825. The number of carbonyl (C=O) groups is 1. The molecule has 0 radical (unpaired) electrons. The first-order chi connectivity index (χ1) is 10.6. The number of ether oxygens (including phenoxy) is 1. The molecule has 0 amide bonds. The van der Waals surface area contributed by atoms with Gasteiger partial charge in [-0.25, -0.2) is 9.78 Å². The zero-order valence-corrected chi connectivity index (χ0v) is 13.9. The molecule has 0 aromatic carbocycles. The van der Waals surface area contributed by atoms with Crippen molar-refractivity contribution >= 4 is 34.5 Å². The third-order valence-corrected chi connectivity index (χ3v) is 5.50. The Labute approximate surface area is 133 Å². The van der Waals surface area contributed by atoms with Crippen LogP contribution < -0.4 is 5.32 Å². The van der Waals surface area contributed by atoms with Crippen molar-refractivity contribution in [2.45, 2.75) is 24.5 Å². The van der Waals surface area contributed by atoms with Crippen molar-refractivity contribution in [1.82, 2.24) is 14.8 Å². The highest BCUT2D eigenvalue weighted by Gasteiger charge is 2.41. The molecular formula is C15H20N4O2S. The van der Waals surface area contributed by atoms with Gasteiger partial charge in [0.05, 0.1) is 23.9 Å². The van der Waals surface area contributed by atoms with Gasteiger partial charge in [-0.05, 0) is 26.0 Å². The fourth-order valence-corrected chi connectivity index (χ4v) is 3.22. The van der Waals surface area contributed by atoms with Crippen LogP contribution in [0.1, 0.15) is 30.1 Å². The van der Waals surface area contributed by atoms with Gasteiger partial charge in [0.25, 0.3) is 0 Å². The number of pyridine rings is 1. The van der Waals surface area contributed by atoms with Crippen LogP contribution in [0.15, 0.2) is 12.4 Å². The number of aromatic nitrogens is 3. The summed E-state index contributed by atoms with van der Waals surface area (Å²) in [5.74, 6) is -0.350. The van der Waals surface area contributed by atoms with E-state index in [9.17, 15) is 4.79 Å². The third-order valence-electron chi connectivity index (χ3n) is 4.09. The van der Waals surface area contributed by atoms with Crippen LogP contribution in [0.2, 0.25) is 0 Å². The summed E-state index contributed by atoms with van der Waals surface area (Å²) in [7, 11) is 1.84. The Morgan fingerprint density at radius 2 is 2.27 bits per heavy atom. The number of nitrogens with one attached hydrogen (secondary N) is 1. The first-order valence-corrected chi connectivity index (χ1v) is 8.59. The normalized spacial score (nSPS) is 15.8. The Balaban J connectivity index is 1.98. The molecule has 0 atom stereocenters. The van der Waals surface area contributed by atoms with E-state index in [0.29, 0.717) is 16.9 Å². The monoisotopic (exact) mass is 320 g/mol. The molecule has 0 saturated heterocycles. The van der Waals surface area contributed by atoms with Crippen molar-refractivity contribution < 1.29 is 9.53 Å². The lowest BCUT2D eigenvalue weighted by atomic mass is 10.1. The maximum Gasteiger partial charge on any atom is 0.341 e. The Morgan fingerprint density at radius 3 is 2.91 bits per heavy atom. The van der Waals surface area contributed by atoms with Gasteiger partial charge in [0.1, 0.15) is 5.56 Å². The number of esters is 1. The van der Waals surface area contributed by atoms with Gasteiger partial charge in [-0.3, -0.25) is 4.68 Å². The second-order valence-electron chi connectivity index (χ2n) is 5.51. The standard InChI is InChI=1S/C15H20N4O2S/c1-4-21-14(20)11-7-16-13-10(8-18-19(13)2)12(11)17-9-15(22-3)5-6-15/h7-8H,4-6,9H2,1-3H3,(H,16,17). The average molecular weight is 320 g/mol. The van der Waals surface area contributed by atoms with Crippen molar-refractivity contribution in [2.24, 2.45) is 7.05 Å². The van der Waals surface area contributed by atoms with Gasteiger partial charge in [0.2, 0.25) is 0 Å². The number of carbonyl (C=O) groups excluding carboxylic acids is 1. The fourth-order valence-electron chi connectivity index (χ4n) is 2.49. The number of hydrogen-bond acceptors (Lipinski definition) is 6. The van der Waals surface area contributed by atoms with E-state index in [4.69, 9.17) is 4.74 Å². The Kier molecular flexibility index (Phi) is 3.99. The molecular weight excluding hydrogens is 300 g/mol. The smallest absolute Gasteiger partial charge is 0.341 e. The van der Waals surface area contributed by atoms with Crippen LogP contribution in [0.4, 0.5) is 5.69 Å². The molecule has 7 heteroatoms. The molecule has 0 unspecified atom stereocenters. The summed E-state index contributed by atoms with van der Waals surface area (Å²) < 4.78 is 7.15. The maximum atomic E-state index is 12.2. The van der Waals surface area contributed by atoms with E-state index >= 15 is 0 Å². The molecule has 2 aromatic heterocycles. The van der Waals surface area contributed by atoms with Crippen molar-refractivity contribution in [3.63, 3.8) is 0 Å². The Morgan fingerprint density at radius 1 is 1.50 bits per heavy atom. The second-order valence-corrected chi connectivity index (χ2v) is 6.79. The first kappa shape index (κ1) is 15.1. The van der Waals surface area contributed by atoms with E-state index < -0.39 is 0 Å². The molecule has 1 saturated carbocycles. The van der Waals surface area contributed by atoms with Crippen LogP contribution >= 0.6 is 11.8 Å². The summed E-state index contributed by atoms with van der Waals surface area (Å²) in [6, 6.07) is 0. The highest BCUT2D eigenvalue weighted by Crippen LogP contribution is 2.47. The molecule has 22 heavy (non-hydrogen) atoms. The number of aryl methyl sites for hydroxylation is 1. The molecule has 6 nitrogen and oxygen atoms in total.